The first kappa shape index (κ1) is 16.4. The van der Waals surface area contributed by atoms with Gasteiger partial charge in [0.25, 0.3) is 0 Å². The van der Waals surface area contributed by atoms with Crippen LogP contribution in [0.25, 0.3) is 0 Å². The molecular formula is C10H15BrN2O4S2. The van der Waals surface area contributed by atoms with Crippen LogP contribution in [0.2, 0.25) is 0 Å². The Balaban J connectivity index is 2.74. The van der Waals surface area contributed by atoms with Gasteiger partial charge in [-0.2, -0.15) is 0 Å². The summed E-state index contributed by atoms with van der Waals surface area (Å²) in [6.07, 6.45) is 1.32. The quantitative estimate of drug-likeness (QED) is 0.567. The van der Waals surface area contributed by atoms with E-state index in [1.54, 1.807) is 6.07 Å². The van der Waals surface area contributed by atoms with Crippen LogP contribution < -0.4 is 10.5 Å². The molecule has 19 heavy (non-hydrogen) atoms. The molecule has 0 saturated heterocycles. The molecule has 0 unspecified atom stereocenters. The molecule has 1 aromatic carbocycles. The predicted octanol–water partition coefficient (Wildman–Crippen LogP) is 0.744. The summed E-state index contributed by atoms with van der Waals surface area (Å²) in [5.74, 6) is -0.0660. The van der Waals surface area contributed by atoms with Crippen molar-refractivity contribution in [2.75, 3.05) is 24.3 Å². The van der Waals surface area contributed by atoms with Crippen LogP contribution in [0, 0.1) is 0 Å². The summed E-state index contributed by atoms with van der Waals surface area (Å²) in [5.41, 5.74) is 5.75. The third-order valence-electron chi connectivity index (χ3n) is 2.25. The number of hydrogen-bond donors (Lipinski definition) is 2. The molecule has 1 aromatic rings. The van der Waals surface area contributed by atoms with E-state index in [0.29, 0.717) is 4.47 Å². The van der Waals surface area contributed by atoms with Gasteiger partial charge in [0.05, 0.1) is 11.4 Å². The molecule has 0 spiro atoms. The van der Waals surface area contributed by atoms with Crippen molar-refractivity contribution in [3.8, 4) is 0 Å². The third-order valence-corrected chi connectivity index (χ3v) is 5.29. The second-order valence-electron chi connectivity index (χ2n) is 4.06. The highest BCUT2D eigenvalue weighted by atomic mass is 79.9. The molecule has 1 rings (SSSR count). The minimum atomic E-state index is -3.73. The first-order valence-electron chi connectivity index (χ1n) is 5.34. The molecule has 0 aliphatic rings. The van der Waals surface area contributed by atoms with E-state index in [1.165, 1.54) is 12.1 Å². The van der Waals surface area contributed by atoms with Gasteiger partial charge in [0.1, 0.15) is 14.7 Å². The predicted molar refractivity (Wildman–Crippen MR) is 78.1 cm³/mol. The molecule has 0 radical (unpaired) electrons. The molecule has 108 valence electrons. The van der Waals surface area contributed by atoms with Crippen molar-refractivity contribution in [3.05, 3.63) is 22.7 Å². The molecule has 0 fully saturated rings. The fraction of sp³-hybridized carbons (Fsp3) is 0.400. The fourth-order valence-corrected chi connectivity index (χ4v) is 3.77. The van der Waals surface area contributed by atoms with Gasteiger partial charge in [0.2, 0.25) is 10.0 Å². The minimum absolute atomic E-state index is 0.0266. The molecule has 0 aromatic heterocycles. The second kappa shape index (κ2) is 6.21. The molecule has 0 heterocycles. The van der Waals surface area contributed by atoms with E-state index in [2.05, 4.69) is 20.7 Å². The van der Waals surface area contributed by atoms with E-state index in [0.717, 1.165) is 6.26 Å². The van der Waals surface area contributed by atoms with Gasteiger partial charge in [0.15, 0.2) is 0 Å². The standard InChI is InChI=1S/C10H15BrN2O4S2/c1-18(14,15)6-2-5-13-19(16,17)10-7-8(11)3-4-9(10)12/h3-4,7,13H,2,5-6,12H2,1H3. The van der Waals surface area contributed by atoms with Gasteiger partial charge < -0.3 is 5.73 Å². The zero-order valence-electron chi connectivity index (χ0n) is 10.3. The van der Waals surface area contributed by atoms with Crippen LogP contribution in [0.15, 0.2) is 27.6 Å². The van der Waals surface area contributed by atoms with Crippen molar-refractivity contribution in [1.82, 2.24) is 4.72 Å². The first-order valence-corrected chi connectivity index (χ1v) is 9.68. The highest BCUT2D eigenvalue weighted by molar-refractivity contribution is 9.10. The first-order chi connectivity index (χ1) is 8.62. The lowest BCUT2D eigenvalue weighted by atomic mass is 10.3. The van der Waals surface area contributed by atoms with Gasteiger partial charge in [-0.3, -0.25) is 0 Å². The van der Waals surface area contributed by atoms with Gasteiger partial charge >= 0.3 is 0 Å². The third kappa shape index (κ3) is 5.47. The summed E-state index contributed by atoms with van der Waals surface area (Å²) in [6.45, 7) is 0.0430. The number of nitrogens with two attached hydrogens (primary N) is 1. The topological polar surface area (TPSA) is 106 Å². The summed E-state index contributed by atoms with van der Waals surface area (Å²) in [6, 6.07) is 4.52. The number of halogens is 1. The van der Waals surface area contributed by atoms with Crippen LogP contribution in [0.3, 0.4) is 0 Å². The van der Waals surface area contributed by atoms with Crippen molar-refractivity contribution in [2.24, 2.45) is 0 Å². The summed E-state index contributed by atoms with van der Waals surface area (Å²) < 4.78 is 48.7. The number of sulfonamides is 1. The Kier molecular flexibility index (Phi) is 5.36. The van der Waals surface area contributed by atoms with Crippen LogP contribution in [0.4, 0.5) is 5.69 Å². The lowest BCUT2D eigenvalue weighted by Gasteiger charge is -2.09. The van der Waals surface area contributed by atoms with E-state index in [4.69, 9.17) is 5.73 Å². The van der Waals surface area contributed by atoms with E-state index in [-0.39, 0.29) is 29.3 Å². The lowest BCUT2D eigenvalue weighted by molar-refractivity contribution is 0.577. The fourth-order valence-electron chi connectivity index (χ4n) is 1.36. The number of nitrogen functional groups attached to an aromatic ring is 1. The SMILES string of the molecule is CS(=O)(=O)CCCNS(=O)(=O)c1cc(Br)ccc1N. The average Bonchev–Trinajstić information content (AvgIpc) is 2.26. The highest BCUT2D eigenvalue weighted by Gasteiger charge is 2.17. The molecule has 3 N–H and O–H groups in total. The highest BCUT2D eigenvalue weighted by Crippen LogP contribution is 2.22. The van der Waals surface area contributed by atoms with Crippen LogP contribution in [-0.2, 0) is 19.9 Å². The Morgan fingerprint density at radius 3 is 2.47 bits per heavy atom. The van der Waals surface area contributed by atoms with Crippen LogP contribution in [-0.4, -0.2) is 35.4 Å². The van der Waals surface area contributed by atoms with Crippen molar-refractivity contribution in [3.63, 3.8) is 0 Å². The minimum Gasteiger partial charge on any atom is -0.398 e. The number of benzene rings is 1. The van der Waals surface area contributed by atoms with Crippen LogP contribution in [0.1, 0.15) is 6.42 Å². The molecule has 0 aliphatic heterocycles. The normalized spacial score (nSPS) is 12.5. The van der Waals surface area contributed by atoms with E-state index in [9.17, 15) is 16.8 Å². The summed E-state index contributed by atoms with van der Waals surface area (Å²) in [7, 11) is -6.82. The Bertz CT molecular complexity index is 656. The zero-order chi connectivity index (χ0) is 14.7. The van der Waals surface area contributed by atoms with Crippen LogP contribution >= 0.6 is 15.9 Å². The maximum absolute atomic E-state index is 12.0. The van der Waals surface area contributed by atoms with Crippen LogP contribution in [0.5, 0.6) is 0 Å². The average molecular weight is 371 g/mol. The van der Waals surface area contributed by atoms with E-state index >= 15 is 0 Å². The number of nitrogens with one attached hydrogen (secondary N) is 1. The molecule has 0 saturated carbocycles. The van der Waals surface area contributed by atoms with Crippen molar-refractivity contribution < 1.29 is 16.8 Å². The van der Waals surface area contributed by atoms with Crippen molar-refractivity contribution >= 4 is 41.5 Å². The summed E-state index contributed by atoms with van der Waals surface area (Å²) in [4.78, 5) is -0.0266. The Hall–Kier alpha value is -0.640. The molecule has 0 aliphatic carbocycles. The Labute approximate surface area is 121 Å². The number of anilines is 1. The molecule has 9 heteroatoms. The van der Waals surface area contributed by atoms with Gasteiger partial charge in [-0.1, -0.05) is 15.9 Å². The zero-order valence-corrected chi connectivity index (χ0v) is 13.5. The number of hydrogen-bond acceptors (Lipinski definition) is 5. The monoisotopic (exact) mass is 370 g/mol. The molecule has 0 amide bonds. The Morgan fingerprint density at radius 2 is 1.89 bits per heavy atom. The van der Waals surface area contributed by atoms with E-state index < -0.39 is 19.9 Å². The molecule has 0 bridgehead atoms. The van der Waals surface area contributed by atoms with Gasteiger partial charge in [-0.15, -0.1) is 0 Å². The van der Waals surface area contributed by atoms with Crippen molar-refractivity contribution in [1.29, 1.82) is 0 Å². The second-order valence-corrected chi connectivity index (χ2v) is 8.97. The maximum Gasteiger partial charge on any atom is 0.242 e. The Morgan fingerprint density at radius 1 is 1.26 bits per heavy atom. The molecular weight excluding hydrogens is 356 g/mol. The van der Waals surface area contributed by atoms with E-state index in [1.807, 2.05) is 0 Å². The summed E-state index contributed by atoms with van der Waals surface area (Å²) in [5, 5.41) is 0. The maximum atomic E-state index is 12.0. The molecule has 0 atom stereocenters. The largest absolute Gasteiger partial charge is 0.398 e. The number of sulfone groups is 1. The lowest BCUT2D eigenvalue weighted by Crippen LogP contribution is -2.26. The smallest absolute Gasteiger partial charge is 0.242 e. The van der Waals surface area contributed by atoms with Gasteiger partial charge in [0, 0.05) is 17.3 Å². The molecule has 6 nitrogen and oxygen atoms in total. The van der Waals surface area contributed by atoms with Gasteiger partial charge in [-0.05, 0) is 24.6 Å². The van der Waals surface area contributed by atoms with Gasteiger partial charge in [-0.25, -0.2) is 21.6 Å². The number of rotatable bonds is 6. The summed E-state index contributed by atoms with van der Waals surface area (Å²) >= 11 is 3.17. The van der Waals surface area contributed by atoms with Crippen molar-refractivity contribution in [2.45, 2.75) is 11.3 Å².